The van der Waals surface area contributed by atoms with Gasteiger partial charge in [0.1, 0.15) is 6.04 Å². The van der Waals surface area contributed by atoms with Crippen molar-refractivity contribution >= 4 is 13.3 Å². The van der Waals surface area contributed by atoms with Gasteiger partial charge in [-0.25, -0.2) is 0 Å². The molecule has 1 rings (SSSR count). The van der Waals surface area contributed by atoms with E-state index in [1.807, 2.05) is 0 Å². The van der Waals surface area contributed by atoms with E-state index in [0.717, 1.165) is 0 Å². The van der Waals surface area contributed by atoms with Crippen LogP contribution in [0.2, 0.25) is 0 Å². The number of rotatable bonds is 3. The minimum atomic E-state index is -3.09. The number of hydrogen-bond acceptors (Lipinski definition) is 3. The van der Waals surface area contributed by atoms with Crippen molar-refractivity contribution in [1.29, 1.82) is 0 Å². The first-order valence-electron chi connectivity index (χ1n) is 4.23. The average molecular weight is 207 g/mol. The van der Waals surface area contributed by atoms with Gasteiger partial charge >= 0.3 is 5.97 Å². The average Bonchev–Trinajstić information content (AvgIpc) is 2.30. The molecule has 1 heterocycles. The van der Waals surface area contributed by atoms with Crippen molar-refractivity contribution < 1.29 is 19.4 Å². The van der Waals surface area contributed by atoms with Gasteiger partial charge in [0, 0.05) is 11.8 Å². The highest BCUT2D eigenvalue weighted by molar-refractivity contribution is 7.59. The van der Waals surface area contributed by atoms with Crippen LogP contribution in [-0.2, 0) is 9.36 Å². The maximum atomic E-state index is 11.4. The number of carbonyl (C=O) groups is 1. The molecule has 1 aliphatic rings. The van der Waals surface area contributed by atoms with Crippen LogP contribution < -0.4 is 5.73 Å². The van der Waals surface area contributed by atoms with Gasteiger partial charge in [0.15, 0.2) is 0 Å². The van der Waals surface area contributed by atoms with Crippen LogP contribution in [-0.4, -0.2) is 33.8 Å². The first kappa shape index (κ1) is 10.7. The van der Waals surface area contributed by atoms with Crippen LogP contribution in [0.25, 0.3) is 0 Å². The second-order valence-electron chi connectivity index (χ2n) is 3.46. The molecule has 0 aromatic heterocycles. The normalized spacial score (nSPS) is 36.0. The molecule has 6 heteroatoms. The summed E-state index contributed by atoms with van der Waals surface area (Å²) in [6.45, 7) is 0. The van der Waals surface area contributed by atoms with Gasteiger partial charge < -0.3 is 15.7 Å². The lowest BCUT2D eigenvalue weighted by Gasteiger charge is -2.16. The molecule has 0 radical (unpaired) electrons. The fraction of sp³-hybridized carbons (Fsp3) is 0.857. The molecule has 5 nitrogen and oxygen atoms in total. The van der Waals surface area contributed by atoms with Crippen molar-refractivity contribution in [3.8, 4) is 0 Å². The Labute approximate surface area is 76.4 Å². The molecule has 0 aromatic carbocycles. The fourth-order valence-electron chi connectivity index (χ4n) is 1.61. The van der Waals surface area contributed by atoms with Crippen LogP contribution in [0, 0.1) is 0 Å². The monoisotopic (exact) mass is 207 g/mol. The van der Waals surface area contributed by atoms with Crippen molar-refractivity contribution in [3.05, 3.63) is 0 Å². The molecule has 0 bridgehead atoms. The van der Waals surface area contributed by atoms with E-state index >= 15 is 0 Å². The molecule has 13 heavy (non-hydrogen) atoms. The predicted octanol–water partition coefficient (Wildman–Crippen LogP) is 0.221. The quantitative estimate of drug-likeness (QED) is 0.575. The Hall–Kier alpha value is -0.380. The number of hydrogen-bond donors (Lipinski definition) is 3. The second kappa shape index (κ2) is 3.78. The number of carboxylic acids is 1. The van der Waals surface area contributed by atoms with Crippen molar-refractivity contribution in [2.75, 3.05) is 6.16 Å². The maximum absolute atomic E-state index is 11.4. The fourth-order valence-corrected chi connectivity index (χ4v) is 3.76. The van der Waals surface area contributed by atoms with E-state index in [4.69, 9.17) is 10.8 Å². The summed E-state index contributed by atoms with van der Waals surface area (Å²) in [6, 6.07) is -1.01. The van der Waals surface area contributed by atoms with E-state index < -0.39 is 25.0 Å². The lowest BCUT2D eigenvalue weighted by molar-refractivity contribution is -0.138. The molecular weight excluding hydrogens is 193 g/mol. The van der Waals surface area contributed by atoms with Gasteiger partial charge in [-0.2, -0.15) is 0 Å². The highest BCUT2D eigenvalue weighted by Gasteiger charge is 2.37. The van der Waals surface area contributed by atoms with Gasteiger partial charge in [-0.15, -0.1) is 0 Å². The Morgan fingerprint density at radius 3 is 2.69 bits per heavy atom. The second-order valence-corrected chi connectivity index (χ2v) is 6.14. The Morgan fingerprint density at radius 1 is 1.69 bits per heavy atom. The Kier molecular flexibility index (Phi) is 3.11. The van der Waals surface area contributed by atoms with Gasteiger partial charge in [0.05, 0.1) is 0 Å². The van der Waals surface area contributed by atoms with Crippen molar-refractivity contribution in [3.63, 3.8) is 0 Å². The first-order valence-corrected chi connectivity index (χ1v) is 6.15. The summed E-state index contributed by atoms with van der Waals surface area (Å²) in [7, 11) is -3.09. The van der Waals surface area contributed by atoms with Crippen LogP contribution in [0.4, 0.5) is 0 Å². The SMILES string of the molecule is NC(CC1CCCP1(=O)O)C(=O)O. The highest BCUT2D eigenvalue weighted by Crippen LogP contribution is 2.55. The van der Waals surface area contributed by atoms with Crippen LogP contribution in [0.5, 0.6) is 0 Å². The maximum Gasteiger partial charge on any atom is 0.320 e. The molecule has 3 unspecified atom stereocenters. The summed E-state index contributed by atoms with van der Waals surface area (Å²) in [5.74, 6) is -1.10. The third kappa shape index (κ3) is 2.53. The Balaban J connectivity index is 2.54. The van der Waals surface area contributed by atoms with Crippen molar-refractivity contribution in [2.24, 2.45) is 5.73 Å². The smallest absolute Gasteiger partial charge is 0.320 e. The highest BCUT2D eigenvalue weighted by atomic mass is 31.2. The summed E-state index contributed by atoms with van der Waals surface area (Å²) < 4.78 is 11.4. The molecule has 3 atom stereocenters. The third-order valence-electron chi connectivity index (χ3n) is 2.43. The largest absolute Gasteiger partial charge is 0.480 e. The molecule has 4 N–H and O–H groups in total. The summed E-state index contributed by atoms with van der Waals surface area (Å²) in [5.41, 5.74) is 4.88. The van der Waals surface area contributed by atoms with Gasteiger partial charge in [0.25, 0.3) is 0 Å². The van der Waals surface area contributed by atoms with E-state index in [2.05, 4.69) is 0 Å². The number of carboxylic acid groups (broad SMARTS) is 1. The van der Waals surface area contributed by atoms with E-state index in [0.29, 0.717) is 19.0 Å². The zero-order valence-corrected chi connectivity index (χ0v) is 8.11. The zero-order chi connectivity index (χ0) is 10.1. The summed E-state index contributed by atoms with van der Waals surface area (Å²) in [4.78, 5) is 19.8. The summed E-state index contributed by atoms with van der Waals surface area (Å²) in [5, 5.41) is 8.52. The minimum absolute atomic E-state index is 0.114. The van der Waals surface area contributed by atoms with Gasteiger partial charge in [0.2, 0.25) is 7.37 Å². The van der Waals surface area contributed by atoms with Crippen LogP contribution in [0.1, 0.15) is 19.3 Å². The Morgan fingerprint density at radius 2 is 2.31 bits per heavy atom. The molecule has 76 valence electrons. The predicted molar refractivity (Wildman–Crippen MR) is 47.9 cm³/mol. The lowest BCUT2D eigenvalue weighted by atomic mass is 10.1. The third-order valence-corrected chi connectivity index (χ3v) is 5.00. The summed E-state index contributed by atoms with van der Waals surface area (Å²) >= 11 is 0. The molecule has 1 fully saturated rings. The van der Waals surface area contributed by atoms with Crippen LogP contribution in [0.3, 0.4) is 0 Å². The molecule has 0 saturated carbocycles. The molecule has 1 aliphatic heterocycles. The standard InChI is InChI=1S/C7H14NO4P/c8-6(7(9)10)4-5-2-1-3-13(5,11)12/h5-6H,1-4,8H2,(H,9,10)(H,11,12). The van der Waals surface area contributed by atoms with Gasteiger partial charge in [-0.1, -0.05) is 0 Å². The van der Waals surface area contributed by atoms with Crippen molar-refractivity contribution in [2.45, 2.75) is 31.0 Å². The minimum Gasteiger partial charge on any atom is -0.480 e. The van der Waals surface area contributed by atoms with Gasteiger partial charge in [-0.05, 0) is 19.3 Å². The molecule has 1 saturated heterocycles. The van der Waals surface area contributed by atoms with E-state index in [1.54, 1.807) is 0 Å². The molecule has 0 aromatic rings. The molecule has 0 amide bonds. The van der Waals surface area contributed by atoms with Crippen LogP contribution in [0.15, 0.2) is 0 Å². The molecule has 0 spiro atoms. The van der Waals surface area contributed by atoms with Gasteiger partial charge in [-0.3, -0.25) is 9.36 Å². The summed E-state index contributed by atoms with van der Waals surface area (Å²) in [6.07, 6.45) is 1.74. The van der Waals surface area contributed by atoms with E-state index in [9.17, 15) is 14.3 Å². The van der Waals surface area contributed by atoms with Crippen LogP contribution >= 0.6 is 7.37 Å². The topological polar surface area (TPSA) is 101 Å². The van der Waals surface area contributed by atoms with Crippen molar-refractivity contribution in [1.82, 2.24) is 0 Å². The number of nitrogens with two attached hydrogens (primary N) is 1. The molecule has 0 aliphatic carbocycles. The van der Waals surface area contributed by atoms with E-state index in [1.165, 1.54) is 0 Å². The zero-order valence-electron chi connectivity index (χ0n) is 7.22. The Bertz CT molecular complexity index is 255. The first-order chi connectivity index (χ1) is 5.93. The number of aliphatic carboxylic acids is 1. The molecular formula is C7H14NO4P. The lowest BCUT2D eigenvalue weighted by Crippen LogP contribution is -2.33. The van der Waals surface area contributed by atoms with E-state index in [-0.39, 0.29) is 6.42 Å².